The highest BCUT2D eigenvalue weighted by molar-refractivity contribution is 5.95. The van der Waals surface area contributed by atoms with Crippen molar-refractivity contribution in [2.24, 2.45) is 34.3 Å². The molecular formula is C30H35NO11. The third kappa shape index (κ3) is 3.55. The molecule has 11 unspecified atom stereocenters. The predicted molar refractivity (Wildman–Crippen MR) is 141 cm³/mol. The van der Waals surface area contributed by atoms with Gasteiger partial charge in [-0.15, -0.1) is 0 Å². The fraction of sp³-hybridized carbons (Fsp3) is 0.600. The van der Waals surface area contributed by atoms with Gasteiger partial charge in [0.15, 0.2) is 11.5 Å². The van der Waals surface area contributed by atoms with Gasteiger partial charge in [0.1, 0.15) is 18.2 Å². The molecule has 1 spiro atoms. The lowest BCUT2D eigenvalue weighted by Gasteiger charge is -2.67. The molecule has 42 heavy (non-hydrogen) atoms. The van der Waals surface area contributed by atoms with E-state index in [1.165, 1.54) is 0 Å². The van der Waals surface area contributed by atoms with Crippen molar-refractivity contribution in [3.05, 3.63) is 47.2 Å². The van der Waals surface area contributed by atoms with Gasteiger partial charge in [-0.1, -0.05) is 37.3 Å². The number of rotatable bonds is 5. The maximum atomic E-state index is 13.7. The van der Waals surface area contributed by atoms with Crippen molar-refractivity contribution in [2.75, 3.05) is 13.7 Å². The largest absolute Gasteiger partial charge is 0.504 e. The number of aliphatic hydroxyl groups is 3. The van der Waals surface area contributed by atoms with Crippen LogP contribution in [0.3, 0.4) is 0 Å². The zero-order valence-electron chi connectivity index (χ0n) is 23.5. The molecule has 4 fully saturated rings. The van der Waals surface area contributed by atoms with E-state index in [2.05, 4.69) is 0 Å². The van der Waals surface area contributed by atoms with Crippen LogP contribution < -0.4 is 5.73 Å². The van der Waals surface area contributed by atoms with Gasteiger partial charge in [-0.3, -0.25) is 9.59 Å². The van der Waals surface area contributed by atoms with Crippen LogP contribution in [0.15, 0.2) is 41.7 Å². The van der Waals surface area contributed by atoms with E-state index in [1.807, 2.05) is 6.07 Å². The molecule has 2 heterocycles. The number of benzene rings is 1. The normalized spacial score (nSPS) is 42.7. The zero-order valence-corrected chi connectivity index (χ0v) is 23.5. The fourth-order valence-electron chi connectivity index (χ4n) is 9.02. The van der Waals surface area contributed by atoms with Crippen molar-refractivity contribution < 1.29 is 53.4 Å². The standard InChI is InChI=1S/C30H35NO11/c1-13-15-10-18-29-12-40-30(27(38)39-3,24(35)20(34)22(29)28(15,2)11-17(32)19(13)33)23(29)21(26(37)41-18)42-25(36)16(31)9-14-7-5-4-6-8-14/h4-8,15-16,18,20-24,33-35H,9-12,31H2,1-3H3. The highest BCUT2D eigenvalue weighted by Crippen LogP contribution is 2.72. The van der Waals surface area contributed by atoms with Crippen LogP contribution in [0.5, 0.6) is 0 Å². The number of carbonyl (C=O) groups is 4. The molecule has 0 amide bonds. The Hall–Kier alpha value is -3.32. The molecule has 12 nitrogen and oxygen atoms in total. The monoisotopic (exact) mass is 585 g/mol. The second-order valence-electron chi connectivity index (χ2n) is 12.6. The third-order valence-electron chi connectivity index (χ3n) is 10.7. The lowest BCUT2D eigenvalue weighted by atomic mass is 9.38. The first-order valence-corrected chi connectivity index (χ1v) is 14.1. The molecule has 3 aliphatic carbocycles. The predicted octanol–water partition coefficient (Wildman–Crippen LogP) is 0.121. The molecule has 0 aromatic heterocycles. The number of hydrogen-bond donors (Lipinski definition) is 4. The third-order valence-corrected chi connectivity index (χ3v) is 10.7. The van der Waals surface area contributed by atoms with E-state index in [0.717, 1.165) is 12.7 Å². The Balaban J connectivity index is 1.46. The molecule has 5 N–H and O–H groups in total. The summed E-state index contributed by atoms with van der Waals surface area (Å²) in [6.07, 6.45) is -6.13. The molecule has 2 saturated carbocycles. The van der Waals surface area contributed by atoms with Crippen molar-refractivity contribution in [3.8, 4) is 0 Å². The first kappa shape index (κ1) is 28.8. The number of allylic oxidation sites excluding steroid dienone is 2. The second kappa shape index (κ2) is 9.60. The van der Waals surface area contributed by atoms with Gasteiger partial charge in [-0.2, -0.15) is 0 Å². The molecule has 2 aliphatic heterocycles. The van der Waals surface area contributed by atoms with E-state index in [9.17, 15) is 34.5 Å². The number of ether oxygens (including phenoxy) is 4. The summed E-state index contributed by atoms with van der Waals surface area (Å²) in [5.41, 5.74) is 2.66. The summed E-state index contributed by atoms with van der Waals surface area (Å²) in [4.78, 5) is 53.4. The summed E-state index contributed by atoms with van der Waals surface area (Å²) in [7, 11) is 1.08. The average molecular weight is 586 g/mol. The number of nitrogens with two attached hydrogens (primary N) is 1. The van der Waals surface area contributed by atoms with Gasteiger partial charge in [0.25, 0.3) is 0 Å². The van der Waals surface area contributed by atoms with Gasteiger partial charge in [0.2, 0.25) is 11.7 Å². The Morgan fingerprint density at radius 1 is 1.17 bits per heavy atom. The maximum Gasteiger partial charge on any atom is 0.348 e. The van der Waals surface area contributed by atoms with Crippen LogP contribution in [0.1, 0.15) is 32.3 Å². The summed E-state index contributed by atoms with van der Waals surface area (Å²) in [5, 5.41) is 33.9. The number of Topliss-reactive ketones (excluding diaryl/α,β-unsaturated/α-hetero) is 1. The highest BCUT2D eigenvalue weighted by Gasteiger charge is 2.85. The fourth-order valence-corrected chi connectivity index (χ4v) is 9.02. The van der Waals surface area contributed by atoms with Gasteiger partial charge in [0.05, 0.1) is 25.7 Å². The Bertz CT molecular complexity index is 1380. The molecule has 2 bridgehead atoms. The second-order valence-corrected chi connectivity index (χ2v) is 12.6. The molecule has 12 heteroatoms. The SMILES string of the molecule is COC(=O)C12OCC34C(CC5C(C)=C(O)C(=O)CC5(C)C3C(O)C1O)OC(=O)C(OC(=O)C(N)Cc1ccccc1)C24. The van der Waals surface area contributed by atoms with Crippen molar-refractivity contribution in [1.29, 1.82) is 0 Å². The smallest absolute Gasteiger partial charge is 0.348 e. The van der Waals surface area contributed by atoms with Crippen LogP contribution >= 0.6 is 0 Å². The van der Waals surface area contributed by atoms with Crippen molar-refractivity contribution in [1.82, 2.24) is 0 Å². The molecular weight excluding hydrogens is 550 g/mol. The van der Waals surface area contributed by atoms with E-state index < -0.39 is 88.3 Å². The van der Waals surface area contributed by atoms with Crippen LogP contribution in [0.2, 0.25) is 0 Å². The van der Waals surface area contributed by atoms with E-state index in [4.69, 9.17) is 24.7 Å². The number of methoxy groups -OCH3 is 1. The summed E-state index contributed by atoms with van der Waals surface area (Å²) in [6.45, 7) is 3.15. The summed E-state index contributed by atoms with van der Waals surface area (Å²) < 4.78 is 22.8. The summed E-state index contributed by atoms with van der Waals surface area (Å²) >= 11 is 0. The van der Waals surface area contributed by atoms with Gasteiger partial charge < -0.3 is 40.0 Å². The lowest BCUT2D eigenvalue weighted by Crippen LogP contribution is -2.79. The molecule has 5 aliphatic rings. The van der Waals surface area contributed by atoms with Gasteiger partial charge in [0, 0.05) is 17.8 Å². The minimum absolute atomic E-state index is 0.111. The van der Waals surface area contributed by atoms with Crippen molar-refractivity contribution in [2.45, 2.75) is 69.2 Å². The number of hydrogen-bond acceptors (Lipinski definition) is 12. The Morgan fingerprint density at radius 2 is 1.86 bits per heavy atom. The van der Waals surface area contributed by atoms with Crippen LogP contribution in [0.4, 0.5) is 0 Å². The van der Waals surface area contributed by atoms with E-state index in [1.54, 1.807) is 38.1 Å². The molecule has 6 rings (SSSR count). The number of esters is 3. The highest BCUT2D eigenvalue weighted by atomic mass is 16.6. The quantitative estimate of drug-likeness (QED) is 0.270. The van der Waals surface area contributed by atoms with Crippen LogP contribution in [0, 0.1) is 28.6 Å². The minimum Gasteiger partial charge on any atom is -0.504 e. The van der Waals surface area contributed by atoms with Crippen LogP contribution in [0.25, 0.3) is 0 Å². The van der Waals surface area contributed by atoms with Crippen LogP contribution in [-0.4, -0.2) is 88.8 Å². The number of fused-ring (bicyclic) bond motifs is 2. The zero-order chi connectivity index (χ0) is 30.4. The molecule has 226 valence electrons. The Labute approximate surface area is 241 Å². The van der Waals surface area contributed by atoms with Crippen LogP contribution in [-0.2, 0) is 44.5 Å². The number of aliphatic hydroxyl groups excluding tert-OH is 3. The van der Waals surface area contributed by atoms with Gasteiger partial charge in [-0.25, -0.2) is 9.59 Å². The van der Waals surface area contributed by atoms with Crippen molar-refractivity contribution >= 4 is 23.7 Å². The summed E-state index contributed by atoms with van der Waals surface area (Å²) in [6, 6.07) is 7.80. The van der Waals surface area contributed by atoms with E-state index in [-0.39, 0.29) is 31.6 Å². The van der Waals surface area contributed by atoms with Crippen molar-refractivity contribution in [3.63, 3.8) is 0 Å². The van der Waals surface area contributed by atoms with Gasteiger partial charge >= 0.3 is 17.9 Å². The lowest BCUT2D eigenvalue weighted by molar-refractivity contribution is -0.290. The molecule has 2 saturated heterocycles. The summed E-state index contributed by atoms with van der Waals surface area (Å²) in [5.74, 6) is -6.61. The topological polar surface area (TPSA) is 192 Å². The van der Waals surface area contributed by atoms with E-state index >= 15 is 0 Å². The number of carbonyl (C=O) groups excluding carboxylic acids is 4. The van der Waals surface area contributed by atoms with E-state index in [0.29, 0.717) is 5.57 Å². The Kier molecular flexibility index (Phi) is 6.58. The molecule has 1 aromatic carbocycles. The maximum absolute atomic E-state index is 13.7. The first-order chi connectivity index (χ1) is 19.8. The first-order valence-electron chi connectivity index (χ1n) is 14.1. The average Bonchev–Trinajstić information content (AvgIpc) is 3.27. The molecule has 11 atom stereocenters. The number of ketones is 1. The molecule has 1 aromatic rings. The molecule has 0 radical (unpaired) electrons. The van der Waals surface area contributed by atoms with Gasteiger partial charge in [-0.05, 0) is 42.2 Å². The Morgan fingerprint density at radius 3 is 2.52 bits per heavy atom. The minimum atomic E-state index is -2.27.